The van der Waals surface area contributed by atoms with Crippen LogP contribution in [0.15, 0.2) is 54.6 Å². The molecule has 2 aliphatic rings. The first-order chi connectivity index (χ1) is 16.4. The van der Waals surface area contributed by atoms with E-state index in [0.29, 0.717) is 23.6 Å². The first kappa shape index (κ1) is 22.1. The number of amides is 1. The summed E-state index contributed by atoms with van der Waals surface area (Å²) >= 11 is 0. The van der Waals surface area contributed by atoms with E-state index < -0.39 is 5.41 Å². The summed E-state index contributed by atoms with van der Waals surface area (Å²) in [6.07, 6.45) is 1.54. The highest BCUT2D eigenvalue weighted by atomic mass is 19.1. The lowest BCUT2D eigenvalue weighted by molar-refractivity contribution is -0.121. The van der Waals surface area contributed by atoms with E-state index >= 15 is 0 Å². The highest BCUT2D eigenvalue weighted by Crippen LogP contribution is 2.51. The molecule has 1 fully saturated rings. The van der Waals surface area contributed by atoms with Crippen molar-refractivity contribution in [3.63, 3.8) is 0 Å². The molecule has 3 aromatic carbocycles. The van der Waals surface area contributed by atoms with Crippen molar-refractivity contribution in [2.45, 2.75) is 45.1 Å². The van der Waals surface area contributed by atoms with E-state index in [1.165, 1.54) is 13.0 Å². The second kappa shape index (κ2) is 8.60. The van der Waals surface area contributed by atoms with Crippen LogP contribution in [0.4, 0.5) is 4.39 Å². The van der Waals surface area contributed by atoms with Gasteiger partial charge in [-0.15, -0.1) is 0 Å². The molecule has 3 aromatic rings. The Balaban J connectivity index is 0.00000289. The molecule has 0 saturated heterocycles. The zero-order valence-electron chi connectivity index (χ0n) is 19.2. The number of ketones is 1. The molecule has 1 heterocycles. The van der Waals surface area contributed by atoms with Crippen molar-refractivity contribution in [1.82, 2.24) is 5.32 Å². The van der Waals surface area contributed by atoms with Gasteiger partial charge in [0, 0.05) is 21.3 Å². The number of carbonyl (C=O) groups excluding carboxylic acids is 2. The van der Waals surface area contributed by atoms with Gasteiger partial charge in [0.05, 0.1) is 5.41 Å². The third-order valence-corrected chi connectivity index (χ3v) is 6.76. The molecule has 1 saturated carbocycles. The summed E-state index contributed by atoms with van der Waals surface area (Å²) in [5.41, 5.74) is 4.35. The van der Waals surface area contributed by atoms with Crippen molar-refractivity contribution in [3.05, 3.63) is 82.7 Å². The number of hydrogen-bond acceptors (Lipinski definition) is 4. The average molecular weight is 462 g/mol. The van der Waals surface area contributed by atoms with E-state index in [1.54, 1.807) is 6.07 Å². The Bertz CT molecular complexity index is 1280. The van der Waals surface area contributed by atoms with Crippen molar-refractivity contribution in [3.8, 4) is 22.6 Å². The molecule has 1 amide bonds. The number of fused-ring (bicyclic) bond motifs is 1. The minimum Gasteiger partial charge on any atom is -0.454 e. The zero-order valence-corrected chi connectivity index (χ0v) is 19.2. The summed E-state index contributed by atoms with van der Waals surface area (Å²) in [5, 5.41) is 2.78. The third-order valence-electron chi connectivity index (χ3n) is 6.76. The van der Waals surface area contributed by atoms with Crippen LogP contribution >= 0.6 is 0 Å². The zero-order chi connectivity index (χ0) is 23.9. The van der Waals surface area contributed by atoms with Crippen LogP contribution in [-0.2, 0) is 28.0 Å². The molecule has 0 atom stereocenters. The molecule has 5 rings (SSSR count). The van der Waals surface area contributed by atoms with Crippen molar-refractivity contribution >= 4 is 11.7 Å². The quantitative estimate of drug-likeness (QED) is 0.522. The van der Waals surface area contributed by atoms with Crippen molar-refractivity contribution < 1.29 is 24.9 Å². The smallest absolute Gasteiger partial charge is 0.231 e. The largest absolute Gasteiger partial charge is 0.454 e. The maximum Gasteiger partial charge on any atom is 0.231 e. The number of nitrogens with one attached hydrogen (secondary N) is 1. The number of carbonyl (C=O) groups is 2. The summed E-state index contributed by atoms with van der Waals surface area (Å²) in [7, 11) is 0. The summed E-state index contributed by atoms with van der Waals surface area (Å²) < 4.78 is 25.8. The van der Waals surface area contributed by atoms with Gasteiger partial charge < -0.3 is 14.8 Å². The topological polar surface area (TPSA) is 64.6 Å². The van der Waals surface area contributed by atoms with Gasteiger partial charge >= 0.3 is 0 Å². The Morgan fingerprint density at radius 3 is 2.47 bits per heavy atom. The van der Waals surface area contributed by atoms with Gasteiger partial charge in [-0.25, -0.2) is 4.39 Å². The lowest BCUT2D eigenvalue weighted by Crippen LogP contribution is -2.23. The van der Waals surface area contributed by atoms with Gasteiger partial charge in [0.25, 0.3) is 0 Å². The monoisotopic (exact) mass is 461 g/mol. The van der Waals surface area contributed by atoms with Crippen LogP contribution in [0.5, 0.6) is 11.5 Å². The number of rotatable bonds is 7. The molecule has 0 unspecified atom stereocenters. The lowest BCUT2D eigenvalue weighted by Gasteiger charge is -2.17. The fourth-order valence-corrected chi connectivity index (χ4v) is 4.58. The predicted molar refractivity (Wildman–Crippen MR) is 128 cm³/mol. The normalized spacial score (nSPS) is 15.1. The second-order valence-electron chi connectivity index (χ2n) is 9.12. The number of benzene rings is 3. The molecule has 1 aliphatic heterocycles. The fraction of sp³-hybridized carbons (Fsp3) is 0.286. The maximum absolute atomic E-state index is 14.9. The molecule has 0 aromatic heterocycles. The number of Topliss-reactive ketones (excluding diaryl/α,β-unsaturated/α-hetero) is 1. The first-order valence-electron chi connectivity index (χ1n) is 11.4. The van der Waals surface area contributed by atoms with Gasteiger partial charge in [0.15, 0.2) is 11.5 Å². The molecular weight excluding hydrogens is 433 g/mol. The van der Waals surface area contributed by atoms with Gasteiger partial charge in [-0.05, 0) is 77.4 Å². The van der Waals surface area contributed by atoms with E-state index in [9.17, 15) is 14.0 Å². The van der Waals surface area contributed by atoms with E-state index in [0.717, 1.165) is 40.7 Å². The molecule has 0 bridgehead atoms. The fourth-order valence-electron chi connectivity index (χ4n) is 4.58. The van der Waals surface area contributed by atoms with E-state index in [2.05, 4.69) is 5.32 Å². The molecule has 176 valence electrons. The summed E-state index contributed by atoms with van der Waals surface area (Å²) in [6.45, 7) is 3.99. The van der Waals surface area contributed by atoms with Gasteiger partial charge in [0.2, 0.25) is 12.7 Å². The first-order valence-corrected chi connectivity index (χ1v) is 11.4. The number of ether oxygens (including phenoxy) is 2. The van der Waals surface area contributed by atoms with Crippen LogP contribution in [0.1, 0.15) is 43.4 Å². The highest BCUT2D eigenvalue weighted by molar-refractivity contribution is 5.95. The standard InChI is InChI=1S/C28H26FNO4.H2/c1-17-11-24(29)21(12-23(17)20-5-3-19(4-6-20)15-30-18(2)31)13-27(32)28(9-10-28)22-7-8-25-26(14-22)34-16-33-25;/h3-8,11-12,14H,9-10,13,15-16H2,1-2H3,(H,30,31);1H. The Morgan fingerprint density at radius 1 is 1.03 bits per heavy atom. The third kappa shape index (κ3) is 4.16. The van der Waals surface area contributed by atoms with Crippen LogP contribution in [0.3, 0.4) is 0 Å². The van der Waals surface area contributed by atoms with Crippen LogP contribution in [0, 0.1) is 12.7 Å². The molecule has 6 heteroatoms. The summed E-state index contributed by atoms with van der Waals surface area (Å²) in [5.74, 6) is 0.915. The van der Waals surface area contributed by atoms with E-state index in [1.807, 2.05) is 49.4 Å². The second-order valence-corrected chi connectivity index (χ2v) is 9.12. The van der Waals surface area contributed by atoms with Crippen LogP contribution in [0.25, 0.3) is 11.1 Å². The van der Waals surface area contributed by atoms with Crippen LogP contribution < -0.4 is 14.8 Å². The average Bonchev–Trinajstić information content (AvgIpc) is 3.50. The van der Waals surface area contributed by atoms with Crippen molar-refractivity contribution in [2.24, 2.45) is 0 Å². The predicted octanol–water partition coefficient (Wildman–Crippen LogP) is 5.26. The minimum absolute atomic E-state index is 0. The molecule has 0 spiro atoms. The van der Waals surface area contributed by atoms with Crippen LogP contribution in [-0.4, -0.2) is 18.5 Å². The van der Waals surface area contributed by atoms with Gasteiger partial charge in [-0.1, -0.05) is 30.3 Å². The highest BCUT2D eigenvalue weighted by Gasteiger charge is 2.51. The van der Waals surface area contributed by atoms with E-state index in [4.69, 9.17) is 9.47 Å². The number of aryl methyl sites for hydroxylation is 1. The van der Waals surface area contributed by atoms with Gasteiger partial charge in [0.1, 0.15) is 11.6 Å². The Kier molecular flexibility index (Phi) is 5.60. The van der Waals surface area contributed by atoms with Crippen molar-refractivity contribution in [2.75, 3.05) is 6.79 Å². The molecule has 0 radical (unpaired) electrons. The SMILES string of the molecule is CC(=O)NCc1ccc(-c2cc(CC(=O)C3(c4ccc5c(c4)OCO5)CC3)c(F)cc2C)cc1.[HH]. The van der Waals surface area contributed by atoms with E-state index in [-0.39, 0.29) is 32.1 Å². The summed E-state index contributed by atoms with van der Waals surface area (Å²) in [4.78, 5) is 24.5. The Hall–Kier alpha value is -3.67. The minimum atomic E-state index is -0.580. The molecular formula is C28H28FNO4. The molecule has 34 heavy (non-hydrogen) atoms. The Morgan fingerprint density at radius 2 is 1.76 bits per heavy atom. The molecule has 1 aliphatic carbocycles. The van der Waals surface area contributed by atoms with Crippen LogP contribution in [0.2, 0.25) is 0 Å². The maximum atomic E-state index is 14.9. The van der Waals surface area contributed by atoms with Gasteiger partial charge in [-0.3, -0.25) is 9.59 Å². The summed E-state index contributed by atoms with van der Waals surface area (Å²) in [6, 6.07) is 16.7. The van der Waals surface area contributed by atoms with Crippen molar-refractivity contribution in [1.29, 1.82) is 0 Å². The molecule has 5 nitrogen and oxygen atoms in total. The lowest BCUT2D eigenvalue weighted by atomic mass is 9.86. The Labute approximate surface area is 199 Å². The number of hydrogen-bond donors (Lipinski definition) is 1. The number of halogens is 1. The molecule has 1 N–H and O–H groups in total. The van der Waals surface area contributed by atoms with Gasteiger partial charge in [-0.2, -0.15) is 0 Å².